The Bertz CT molecular complexity index is 1030. The summed E-state index contributed by atoms with van der Waals surface area (Å²) in [6.45, 7) is 2.59. The van der Waals surface area contributed by atoms with Crippen molar-refractivity contribution in [1.82, 2.24) is 10.6 Å². The van der Waals surface area contributed by atoms with E-state index in [0.717, 1.165) is 17.5 Å². The smallest absolute Gasteiger partial charge is 0.249 e. The summed E-state index contributed by atoms with van der Waals surface area (Å²) in [5.74, 6) is -0.224. The molecule has 0 spiro atoms. The Labute approximate surface area is 205 Å². The molecule has 2 aromatic rings. The van der Waals surface area contributed by atoms with Gasteiger partial charge in [-0.2, -0.15) is 0 Å². The number of methoxy groups -OCH3 is 1. The van der Waals surface area contributed by atoms with Crippen LogP contribution >= 0.6 is 0 Å². The molecule has 2 saturated heterocycles. The van der Waals surface area contributed by atoms with E-state index in [1.807, 2.05) is 42.5 Å². The molecule has 2 aliphatic heterocycles. The molecule has 2 heterocycles. The predicted molar refractivity (Wildman–Crippen MR) is 129 cm³/mol. The fourth-order valence-corrected chi connectivity index (χ4v) is 4.21. The van der Waals surface area contributed by atoms with Crippen molar-refractivity contribution in [2.45, 2.75) is 56.4 Å². The number of ketones is 1. The quantitative estimate of drug-likeness (QED) is 0.477. The van der Waals surface area contributed by atoms with E-state index < -0.39 is 29.7 Å². The highest BCUT2D eigenvalue weighted by Gasteiger charge is 2.50. The van der Waals surface area contributed by atoms with Gasteiger partial charge in [-0.15, -0.1) is 0 Å². The molecule has 0 radical (unpaired) electrons. The van der Waals surface area contributed by atoms with Crippen LogP contribution in [-0.2, 0) is 36.7 Å². The zero-order chi connectivity index (χ0) is 24.8. The molecule has 2 fully saturated rings. The van der Waals surface area contributed by atoms with Crippen molar-refractivity contribution in [3.63, 3.8) is 0 Å². The van der Waals surface area contributed by atoms with E-state index in [9.17, 15) is 14.4 Å². The standard InChI is InChI=1S/C27H32N2O6/c1-27(17-35-27)24(30)21(15-18-7-4-3-5-8-18)28-25(31)22(29-26(32)23-9-6-14-34-23)16-19-10-12-20(33-2)13-11-19/h3-5,7-8,10-13,21-23H,6,9,14-17H2,1-2H3,(H,28,31)(H,29,32)/t21-,22?,23-,27+/m1/s1. The molecule has 2 aromatic carbocycles. The largest absolute Gasteiger partial charge is 0.497 e. The number of hydrogen-bond acceptors (Lipinski definition) is 6. The Morgan fingerprint density at radius 1 is 1.00 bits per heavy atom. The Hall–Kier alpha value is -3.23. The van der Waals surface area contributed by atoms with Crippen LogP contribution in [0.15, 0.2) is 54.6 Å². The van der Waals surface area contributed by atoms with Gasteiger partial charge in [-0.05, 0) is 49.4 Å². The van der Waals surface area contributed by atoms with E-state index in [1.54, 1.807) is 26.2 Å². The van der Waals surface area contributed by atoms with Gasteiger partial charge in [0.2, 0.25) is 11.8 Å². The molecule has 0 aliphatic carbocycles. The number of rotatable bonds is 11. The first-order valence-electron chi connectivity index (χ1n) is 12.0. The SMILES string of the molecule is COc1ccc(CC(NC(=O)[C@H]2CCCO2)C(=O)N[C@H](Cc2ccccc2)C(=O)[C@]2(C)CO2)cc1. The van der Waals surface area contributed by atoms with E-state index in [0.29, 0.717) is 31.8 Å². The van der Waals surface area contributed by atoms with Gasteiger partial charge in [0, 0.05) is 13.0 Å². The number of Topliss-reactive ketones (excluding diaryl/α,β-unsaturated/α-hetero) is 1. The molecular formula is C27H32N2O6. The minimum absolute atomic E-state index is 0.177. The monoisotopic (exact) mass is 480 g/mol. The Kier molecular flexibility index (Phi) is 7.83. The van der Waals surface area contributed by atoms with E-state index >= 15 is 0 Å². The van der Waals surface area contributed by atoms with Crippen molar-refractivity contribution >= 4 is 17.6 Å². The molecule has 2 amide bonds. The second-order valence-corrected chi connectivity index (χ2v) is 9.25. The Morgan fingerprint density at radius 2 is 1.66 bits per heavy atom. The van der Waals surface area contributed by atoms with Crippen LogP contribution in [0.25, 0.3) is 0 Å². The molecule has 4 rings (SSSR count). The summed E-state index contributed by atoms with van der Waals surface area (Å²) in [6, 6.07) is 15.2. The first-order chi connectivity index (χ1) is 16.9. The highest BCUT2D eigenvalue weighted by Crippen LogP contribution is 2.29. The highest BCUT2D eigenvalue weighted by molar-refractivity contribution is 5.98. The van der Waals surface area contributed by atoms with Gasteiger partial charge in [0.05, 0.1) is 19.8 Å². The van der Waals surface area contributed by atoms with Gasteiger partial charge in [0.1, 0.15) is 23.5 Å². The Morgan fingerprint density at radius 3 is 2.26 bits per heavy atom. The van der Waals surface area contributed by atoms with Gasteiger partial charge < -0.3 is 24.8 Å². The van der Waals surface area contributed by atoms with Gasteiger partial charge in [-0.25, -0.2) is 0 Å². The summed E-state index contributed by atoms with van der Waals surface area (Å²) < 4.78 is 16.1. The molecule has 0 saturated carbocycles. The van der Waals surface area contributed by atoms with E-state index in [4.69, 9.17) is 14.2 Å². The third-order valence-electron chi connectivity index (χ3n) is 6.47. The summed E-state index contributed by atoms with van der Waals surface area (Å²) in [4.78, 5) is 39.5. The molecule has 0 bridgehead atoms. The van der Waals surface area contributed by atoms with E-state index in [1.165, 1.54) is 0 Å². The summed E-state index contributed by atoms with van der Waals surface area (Å²) in [5, 5.41) is 5.75. The number of nitrogens with one attached hydrogen (secondary N) is 2. The number of hydrogen-bond donors (Lipinski definition) is 2. The predicted octanol–water partition coefficient (Wildman–Crippen LogP) is 1.99. The lowest BCUT2D eigenvalue weighted by Gasteiger charge is -2.25. The number of carbonyl (C=O) groups is 3. The molecule has 8 heteroatoms. The van der Waals surface area contributed by atoms with Crippen molar-refractivity contribution in [2.24, 2.45) is 0 Å². The number of epoxide rings is 1. The maximum Gasteiger partial charge on any atom is 0.249 e. The second-order valence-electron chi connectivity index (χ2n) is 9.25. The van der Waals surface area contributed by atoms with Crippen molar-refractivity contribution in [3.05, 3.63) is 65.7 Å². The zero-order valence-corrected chi connectivity index (χ0v) is 20.1. The average molecular weight is 481 g/mol. The molecule has 2 N–H and O–H groups in total. The lowest BCUT2D eigenvalue weighted by Crippen LogP contribution is -2.56. The first kappa shape index (κ1) is 24.9. The van der Waals surface area contributed by atoms with Crippen LogP contribution in [0.2, 0.25) is 0 Å². The fraction of sp³-hybridized carbons (Fsp3) is 0.444. The minimum atomic E-state index is -0.890. The first-order valence-corrected chi connectivity index (χ1v) is 12.0. The summed E-state index contributed by atoms with van der Waals surface area (Å²) in [5.41, 5.74) is 0.881. The lowest BCUT2D eigenvalue weighted by atomic mass is 9.94. The van der Waals surface area contributed by atoms with Crippen molar-refractivity contribution < 1.29 is 28.6 Å². The Balaban J connectivity index is 1.52. The van der Waals surface area contributed by atoms with Gasteiger partial charge in [-0.1, -0.05) is 42.5 Å². The van der Waals surface area contributed by atoms with Crippen LogP contribution in [0.1, 0.15) is 30.9 Å². The van der Waals surface area contributed by atoms with Gasteiger partial charge >= 0.3 is 0 Å². The van der Waals surface area contributed by atoms with Crippen LogP contribution in [0, 0.1) is 0 Å². The molecule has 4 atom stereocenters. The molecule has 1 unspecified atom stereocenters. The molecule has 8 nitrogen and oxygen atoms in total. The van der Waals surface area contributed by atoms with Crippen LogP contribution < -0.4 is 15.4 Å². The highest BCUT2D eigenvalue weighted by atomic mass is 16.6. The molecular weight excluding hydrogens is 448 g/mol. The van der Waals surface area contributed by atoms with Crippen LogP contribution in [0.3, 0.4) is 0 Å². The molecule has 2 aliphatic rings. The van der Waals surface area contributed by atoms with Crippen molar-refractivity contribution in [1.29, 1.82) is 0 Å². The van der Waals surface area contributed by atoms with Gasteiger partial charge in [-0.3, -0.25) is 14.4 Å². The van der Waals surface area contributed by atoms with Crippen LogP contribution in [0.5, 0.6) is 5.75 Å². The minimum Gasteiger partial charge on any atom is -0.497 e. The third-order valence-corrected chi connectivity index (χ3v) is 6.47. The van der Waals surface area contributed by atoms with E-state index in [2.05, 4.69) is 10.6 Å². The summed E-state index contributed by atoms with van der Waals surface area (Å²) >= 11 is 0. The number of amides is 2. The molecule has 186 valence electrons. The number of carbonyl (C=O) groups excluding carboxylic acids is 3. The average Bonchev–Trinajstić information content (AvgIpc) is 3.39. The zero-order valence-electron chi connectivity index (χ0n) is 20.1. The summed E-state index contributed by atoms with van der Waals surface area (Å²) in [7, 11) is 1.58. The normalized spacial score (nSPS) is 22.6. The van der Waals surface area contributed by atoms with E-state index in [-0.39, 0.29) is 18.1 Å². The van der Waals surface area contributed by atoms with Gasteiger partial charge in [0.25, 0.3) is 0 Å². The van der Waals surface area contributed by atoms with Crippen LogP contribution in [0.4, 0.5) is 0 Å². The fourth-order valence-electron chi connectivity index (χ4n) is 4.21. The third kappa shape index (κ3) is 6.46. The van der Waals surface area contributed by atoms with Crippen molar-refractivity contribution in [3.8, 4) is 5.75 Å². The second kappa shape index (κ2) is 11.0. The lowest BCUT2D eigenvalue weighted by molar-refractivity contribution is -0.135. The maximum absolute atomic E-state index is 13.5. The van der Waals surface area contributed by atoms with Crippen LogP contribution in [-0.4, -0.2) is 61.7 Å². The maximum atomic E-state index is 13.5. The number of benzene rings is 2. The topological polar surface area (TPSA) is 106 Å². The number of ether oxygens (including phenoxy) is 3. The van der Waals surface area contributed by atoms with Crippen molar-refractivity contribution in [2.75, 3.05) is 20.3 Å². The summed E-state index contributed by atoms with van der Waals surface area (Å²) in [6.07, 6.45) is 1.45. The molecule has 0 aromatic heterocycles. The van der Waals surface area contributed by atoms with Gasteiger partial charge in [0.15, 0.2) is 5.78 Å². The molecule has 35 heavy (non-hydrogen) atoms.